The number of carboxylic acid groups (broad SMARTS) is 2. The first-order chi connectivity index (χ1) is 8.56. The second-order valence-corrected chi connectivity index (χ2v) is 4.14. The fourth-order valence-electron chi connectivity index (χ4n) is 1.89. The van der Waals surface area contributed by atoms with Crippen molar-refractivity contribution in [2.45, 2.75) is 6.42 Å². The molecule has 0 aromatic heterocycles. The number of halogens is 1. The van der Waals surface area contributed by atoms with Crippen molar-refractivity contribution in [2.75, 3.05) is 0 Å². The summed E-state index contributed by atoms with van der Waals surface area (Å²) in [5.74, 6) is -2.68. The van der Waals surface area contributed by atoms with E-state index < -0.39 is 17.4 Å². The van der Waals surface area contributed by atoms with E-state index in [-0.39, 0.29) is 18.8 Å². The molecule has 0 bridgehead atoms. The van der Waals surface area contributed by atoms with Gasteiger partial charge in [-0.1, -0.05) is 48.6 Å². The molecule has 0 unspecified atom stereocenters. The molecule has 19 heavy (non-hydrogen) atoms. The predicted molar refractivity (Wildman–Crippen MR) is 73.1 cm³/mol. The van der Waals surface area contributed by atoms with Crippen LogP contribution in [0.15, 0.2) is 48.6 Å². The zero-order valence-corrected chi connectivity index (χ0v) is 10.8. The summed E-state index contributed by atoms with van der Waals surface area (Å²) in [6, 6.07) is 9.42. The van der Waals surface area contributed by atoms with Crippen LogP contribution < -0.4 is 0 Å². The summed E-state index contributed by atoms with van der Waals surface area (Å²) >= 11 is 0. The van der Waals surface area contributed by atoms with Crippen LogP contribution in [-0.4, -0.2) is 22.2 Å². The molecule has 0 spiro atoms. The Balaban J connectivity index is 0.00000180. The lowest BCUT2D eigenvalue weighted by Gasteiger charge is -2.23. The number of hydrogen-bond acceptors (Lipinski definition) is 2. The first-order valence-corrected chi connectivity index (χ1v) is 5.48. The number of rotatable bonds is 3. The molecule has 2 N–H and O–H groups in total. The van der Waals surface area contributed by atoms with Crippen molar-refractivity contribution >= 4 is 29.9 Å². The van der Waals surface area contributed by atoms with E-state index in [2.05, 4.69) is 0 Å². The SMILES string of the molecule is Cl.O=C(O)C1(C(=O)O)C=CC(c2ccccc2)=CC1. The first-order valence-electron chi connectivity index (χ1n) is 5.48. The number of aliphatic carboxylic acids is 2. The van der Waals surface area contributed by atoms with Gasteiger partial charge in [-0.05, 0) is 17.6 Å². The van der Waals surface area contributed by atoms with Crippen LogP contribution in [0.2, 0.25) is 0 Å². The highest BCUT2D eigenvalue weighted by molar-refractivity contribution is 6.02. The third-order valence-electron chi connectivity index (χ3n) is 3.06. The molecule has 0 heterocycles. The summed E-state index contributed by atoms with van der Waals surface area (Å²) in [5.41, 5.74) is -0.0509. The standard InChI is InChI=1S/C14H12O4.ClH/c15-12(16)14(13(17)18)8-6-11(7-9-14)10-4-2-1-3-5-10;/h1-8H,9H2,(H,15,16)(H,17,18);1H. The highest BCUT2D eigenvalue weighted by Crippen LogP contribution is 2.33. The van der Waals surface area contributed by atoms with Gasteiger partial charge < -0.3 is 10.2 Å². The highest BCUT2D eigenvalue weighted by Gasteiger charge is 2.44. The maximum atomic E-state index is 11.1. The van der Waals surface area contributed by atoms with Crippen molar-refractivity contribution in [3.63, 3.8) is 0 Å². The van der Waals surface area contributed by atoms with E-state index >= 15 is 0 Å². The van der Waals surface area contributed by atoms with Gasteiger partial charge in [0.05, 0.1) is 0 Å². The van der Waals surface area contributed by atoms with Gasteiger partial charge in [-0.3, -0.25) is 9.59 Å². The van der Waals surface area contributed by atoms with Crippen LogP contribution in [0.4, 0.5) is 0 Å². The van der Waals surface area contributed by atoms with Crippen molar-refractivity contribution in [3.05, 3.63) is 54.1 Å². The zero-order valence-electron chi connectivity index (χ0n) is 9.95. The van der Waals surface area contributed by atoms with Crippen LogP contribution in [0.5, 0.6) is 0 Å². The zero-order chi connectivity index (χ0) is 13.2. The Bertz CT molecular complexity index is 532. The minimum atomic E-state index is -1.84. The van der Waals surface area contributed by atoms with Gasteiger partial charge in [-0.2, -0.15) is 0 Å². The van der Waals surface area contributed by atoms with Crippen LogP contribution in [0.25, 0.3) is 5.57 Å². The maximum Gasteiger partial charge on any atom is 0.325 e. The van der Waals surface area contributed by atoms with E-state index in [1.807, 2.05) is 30.3 Å². The van der Waals surface area contributed by atoms with Gasteiger partial charge in [-0.15, -0.1) is 12.4 Å². The Morgan fingerprint density at radius 1 is 1.05 bits per heavy atom. The Hall–Kier alpha value is -2.07. The molecule has 0 aliphatic heterocycles. The van der Waals surface area contributed by atoms with Crippen molar-refractivity contribution in [1.82, 2.24) is 0 Å². The number of carbonyl (C=O) groups is 2. The highest BCUT2D eigenvalue weighted by atomic mass is 35.5. The molecule has 2 rings (SSSR count). The molecule has 1 aromatic rings. The van der Waals surface area contributed by atoms with Crippen LogP contribution in [0, 0.1) is 5.41 Å². The van der Waals surface area contributed by atoms with Crippen LogP contribution in [0.3, 0.4) is 0 Å². The number of hydrogen-bond donors (Lipinski definition) is 2. The average Bonchev–Trinajstić information content (AvgIpc) is 2.39. The van der Waals surface area contributed by atoms with Crippen LogP contribution >= 0.6 is 12.4 Å². The molecule has 1 aromatic carbocycles. The summed E-state index contributed by atoms with van der Waals surface area (Å²) in [5, 5.41) is 18.1. The van der Waals surface area contributed by atoms with Crippen LogP contribution in [0.1, 0.15) is 12.0 Å². The third kappa shape index (κ3) is 2.69. The van der Waals surface area contributed by atoms with Crippen molar-refractivity contribution in [2.24, 2.45) is 5.41 Å². The molecule has 0 fully saturated rings. The van der Waals surface area contributed by atoms with Crippen molar-refractivity contribution in [1.29, 1.82) is 0 Å². The van der Waals surface area contributed by atoms with Gasteiger partial charge >= 0.3 is 11.9 Å². The molecular formula is C14H13ClO4. The first kappa shape index (κ1) is 15.0. The second kappa shape index (κ2) is 5.71. The lowest BCUT2D eigenvalue weighted by atomic mass is 9.79. The fourth-order valence-corrected chi connectivity index (χ4v) is 1.89. The minimum Gasteiger partial charge on any atom is -0.480 e. The molecule has 0 amide bonds. The number of carboxylic acids is 2. The second-order valence-electron chi connectivity index (χ2n) is 4.14. The van der Waals surface area contributed by atoms with Gasteiger partial charge in [0, 0.05) is 0 Å². The summed E-state index contributed by atoms with van der Waals surface area (Å²) in [6.45, 7) is 0. The molecule has 0 saturated carbocycles. The lowest BCUT2D eigenvalue weighted by molar-refractivity contribution is -0.160. The molecule has 100 valence electrons. The van der Waals surface area contributed by atoms with Gasteiger partial charge in [0.2, 0.25) is 0 Å². The van der Waals surface area contributed by atoms with E-state index in [0.717, 1.165) is 11.1 Å². The lowest BCUT2D eigenvalue weighted by Crippen LogP contribution is -2.38. The molecule has 0 saturated heterocycles. The van der Waals surface area contributed by atoms with E-state index in [9.17, 15) is 9.59 Å². The van der Waals surface area contributed by atoms with Crippen LogP contribution in [-0.2, 0) is 9.59 Å². The fraction of sp³-hybridized carbons (Fsp3) is 0.143. The van der Waals surface area contributed by atoms with Gasteiger partial charge in [-0.25, -0.2) is 0 Å². The molecule has 1 aliphatic rings. The molecule has 5 heteroatoms. The number of allylic oxidation sites excluding steroid dienone is 3. The van der Waals surface area contributed by atoms with Crippen molar-refractivity contribution in [3.8, 4) is 0 Å². The van der Waals surface area contributed by atoms with E-state index in [1.165, 1.54) is 6.08 Å². The summed E-state index contributed by atoms with van der Waals surface area (Å²) in [6.07, 6.45) is 4.41. The van der Waals surface area contributed by atoms with E-state index in [4.69, 9.17) is 10.2 Å². The van der Waals surface area contributed by atoms with E-state index in [1.54, 1.807) is 12.2 Å². The third-order valence-corrected chi connectivity index (χ3v) is 3.06. The molecular weight excluding hydrogens is 268 g/mol. The largest absolute Gasteiger partial charge is 0.480 e. The Morgan fingerprint density at radius 2 is 1.63 bits per heavy atom. The Kier molecular flexibility index (Phi) is 4.51. The maximum absolute atomic E-state index is 11.1. The topological polar surface area (TPSA) is 74.6 Å². The van der Waals surface area contributed by atoms with Gasteiger partial charge in [0.25, 0.3) is 0 Å². The van der Waals surface area contributed by atoms with Gasteiger partial charge in [0.1, 0.15) is 0 Å². The molecule has 4 nitrogen and oxygen atoms in total. The average molecular weight is 281 g/mol. The Morgan fingerprint density at radius 3 is 2.05 bits per heavy atom. The summed E-state index contributed by atoms with van der Waals surface area (Å²) < 4.78 is 0. The molecule has 0 radical (unpaired) electrons. The number of benzene rings is 1. The molecule has 1 aliphatic carbocycles. The van der Waals surface area contributed by atoms with Gasteiger partial charge in [0.15, 0.2) is 5.41 Å². The van der Waals surface area contributed by atoms with E-state index in [0.29, 0.717) is 0 Å². The normalized spacial score (nSPS) is 16.1. The predicted octanol–water partition coefficient (Wildman–Crippen LogP) is 2.61. The quantitative estimate of drug-likeness (QED) is 0.835. The minimum absolute atomic E-state index is 0. The molecule has 0 atom stereocenters. The monoisotopic (exact) mass is 280 g/mol. The summed E-state index contributed by atoms with van der Waals surface area (Å²) in [4.78, 5) is 22.2. The smallest absolute Gasteiger partial charge is 0.325 e. The Labute approximate surface area is 116 Å². The summed E-state index contributed by atoms with van der Waals surface area (Å²) in [7, 11) is 0. The van der Waals surface area contributed by atoms with Crippen molar-refractivity contribution < 1.29 is 19.8 Å².